The molecule has 0 heterocycles. The molecule has 0 aliphatic heterocycles. The second kappa shape index (κ2) is 6.74. The fourth-order valence-corrected chi connectivity index (χ4v) is 2.49. The van der Waals surface area contributed by atoms with Crippen molar-refractivity contribution in [3.63, 3.8) is 0 Å². The number of hydrogen-bond donors (Lipinski definition) is 1. The highest BCUT2D eigenvalue weighted by Gasteiger charge is 2.05. The van der Waals surface area contributed by atoms with Gasteiger partial charge in [0, 0.05) is 18.1 Å². The summed E-state index contributed by atoms with van der Waals surface area (Å²) in [6.07, 6.45) is 0.751. The summed E-state index contributed by atoms with van der Waals surface area (Å²) >= 11 is 1.71. The van der Waals surface area contributed by atoms with Gasteiger partial charge in [-0.25, -0.2) is 8.42 Å². The molecule has 0 saturated carbocycles. The maximum atomic E-state index is 11.0. The molecule has 0 aromatic heterocycles. The molecule has 0 bridgehead atoms. The van der Waals surface area contributed by atoms with Crippen molar-refractivity contribution in [2.45, 2.75) is 13.3 Å². The van der Waals surface area contributed by atoms with Gasteiger partial charge in [0.05, 0.1) is 5.75 Å². The van der Waals surface area contributed by atoms with Gasteiger partial charge in [-0.1, -0.05) is 6.92 Å². The van der Waals surface area contributed by atoms with E-state index in [1.165, 1.54) is 0 Å². The molecule has 0 spiro atoms. The van der Waals surface area contributed by atoms with Gasteiger partial charge in [0.1, 0.15) is 9.84 Å². The van der Waals surface area contributed by atoms with Crippen molar-refractivity contribution >= 4 is 21.6 Å². The van der Waals surface area contributed by atoms with E-state index in [1.807, 2.05) is 0 Å². The molecular formula is C7H17NO2S2. The number of rotatable bonds is 7. The van der Waals surface area contributed by atoms with Gasteiger partial charge < -0.3 is 5.73 Å². The van der Waals surface area contributed by atoms with E-state index in [4.69, 9.17) is 5.73 Å². The molecule has 0 aromatic carbocycles. The van der Waals surface area contributed by atoms with Crippen LogP contribution in [0.4, 0.5) is 0 Å². The fourth-order valence-electron chi connectivity index (χ4n) is 0.711. The van der Waals surface area contributed by atoms with E-state index >= 15 is 0 Å². The second-order valence-corrected chi connectivity index (χ2v) is 6.19. The minimum atomic E-state index is -2.75. The Labute approximate surface area is 79.0 Å². The van der Waals surface area contributed by atoms with Crippen LogP contribution in [-0.4, -0.2) is 38.0 Å². The predicted octanol–water partition coefficient (Wildman–Crippen LogP) is 0.503. The monoisotopic (exact) mass is 211 g/mol. The summed E-state index contributed by atoms with van der Waals surface area (Å²) in [5.74, 6) is 2.40. The van der Waals surface area contributed by atoms with Crippen LogP contribution in [0.25, 0.3) is 0 Å². The number of sulfone groups is 1. The van der Waals surface area contributed by atoms with Crippen LogP contribution in [0.15, 0.2) is 0 Å². The Morgan fingerprint density at radius 2 is 2.00 bits per heavy atom. The number of nitrogens with two attached hydrogens (primary N) is 1. The van der Waals surface area contributed by atoms with E-state index in [1.54, 1.807) is 18.7 Å². The molecule has 0 aliphatic rings. The number of hydrogen-bond acceptors (Lipinski definition) is 4. The van der Waals surface area contributed by atoms with Crippen LogP contribution in [0.5, 0.6) is 0 Å². The molecule has 0 saturated heterocycles. The van der Waals surface area contributed by atoms with Gasteiger partial charge in [0.15, 0.2) is 0 Å². The van der Waals surface area contributed by atoms with Crippen molar-refractivity contribution in [3.8, 4) is 0 Å². The Kier molecular flexibility index (Phi) is 6.89. The Bertz CT molecular complexity index is 190. The summed E-state index contributed by atoms with van der Waals surface area (Å²) in [5.41, 5.74) is 5.28. The van der Waals surface area contributed by atoms with Crippen LogP contribution in [0.1, 0.15) is 13.3 Å². The average molecular weight is 211 g/mol. The van der Waals surface area contributed by atoms with E-state index in [0.717, 1.165) is 17.9 Å². The summed E-state index contributed by atoms with van der Waals surface area (Å²) in [6.45, 7) is 2.35. The minimum absolute atomic E-state index is 0.258. The van der Waals surface area contributed by atoms with Crippen LogP contribution >= 0.6 is 11.8 Å². The van der Waals surface area contributed by atoms with Crippen molar-refractivity contribution in [1.82, 2.24) is 0 Å². The maximum absolute atomic E-state index is 11.0. The van der Waals surface area contributed by atoms with Crippen LogP contribution in [0.3, 0.4) is 0 Å². The van der Waals surface area contributed by atoms with Crippen LogP contribution < -0.4 is 5.73 Å². The average Bonchev–Trinajstić information content (AvgIpc) is 2.04. The van der Waals surface area contributed by atoms with Gasteiger partial charge in [-0.3, -0.25) is 0 Å². The highest BCUT2D eigenvalue weighted by Crippen LogP contribution is 2.03. The highest BCUT2D eigenvalue weighted by atomic mass is 32.2. The molecule has 3 nitrogen and oxygen atoms in total. The van der Waals surface area contributed by atoms with Crippen LogP contribution in [-0.2, 0) is 9.84 Å². The molecule has 5 heteroatoms. The van der Waals surface area contributed by atoms with Gasteiger partial charge >= 0.3 is 0 Å². The first-order valence-corrected chi connectivity index (χ1v) is 7.08. The van der Waals surface area contributed by atoms with Gasteiger partial charge in [-0.2, -0.15) is 11.8 Å². The molecule has 12 heavy (non-hydrogen) atoms. The molecular weight excluding hydrogens is 194 g/mol. The summed E-state index contributed by atoms with van der Waals surface area (Å²) in [5, 5.41) is 0. The van der Waals surface area contributed by atoms with E-state index in [-0.39, 0.29) is 5.75 Å². The fraction of sp³-hybridized carbons (Fsp3) is 1.00. The van der Waals surface area contributed by atoms with Crippen LogP contribution in [0, 0.1) is 0 Å². The molecule has 0 amide bonds. The summed E-state index contributed by atoms with van der Waals surface area (Å²) in [6, 6.07) is 0. The van der Waals surface area contributed by atoms with Crippen molar-refractivity contribution in [2.75, 3.05) is 29.6 Å². The van der Waals surface area contributed by atoms with E-state index in [2.05, 4.69) is 0 Å². The first kappa shape index (κ1) is 12.3. The third-order valence-electron chi connectivity index (χ3n) is 1.45. The number of thioether (sulfide) groups is 1. The van der Waals surface area contributed by atoms with Gasteiger partial charge in [0.25, 0.3) is 0 Å². The third-order valence-corrected chi connectivity index (χ3v) is 4.34. The minimum Gasteiger partial charge on any atom is -0.330 e. The predicted molar refractivity (Wildman–Crippen MR) is 55.3 cm³/mol. The van der Waals surface area contributed by atoms with Crippen molar-refractivity contribution in [2.24, 2.45) is 5.73 Å². The van der Waals surface area contributed by atoms with E-state index < -0.39 is 9.84 Å². The zero-order chi connectivity index (χ0) is 9.45. The smallest absolute Gasteiger partial charge is 0.150 e. The first-order chi connectivity index (χ1) is 5.62. The lowest BCUT2D eigenvalue weighted by Gasteiger charge is -2.00. The summed E-state index contributed by atoms with van der Waals surface area (Å²) in [7, 11) is -2.75. The molecule has 0 fully saturated rings. The topological polar surface area (TPSA) is 60.2 Å². The third kappa shape index (κ3) is 6.94. The SMILES string of the molecule is CCS(=O)(=O)CCCSCCN. The van der Waals surface area contributed by atoms with E-state index in [9.17, 15) is 8.42 Å². The second-order valence-electron chi connectivity index (χ2n) is 2.49. The van der Waals surface area contributed by atoms with Crippen LogP contribution in [0.2, 0.25) is 0 Å². The largest absolute Gasteiger partial charge is 0.330 e. The molecule has 0 aliphatic carbocycles. The molecule has 0 aromatic rings. The van der Waals surface area contributed by atoms with E-state index in [0.29, 0.717) is 12.3 Å². The Balaban J connectivity index is 3.32. The van der Waals surface area contributed by atoms with Gasteiger partial charge in [-0.05, 0) is 12.2 Å². The van der Waals surface area contributed by atoms with Gasteiger partial charge in [0.2, 0.25) is 0 Å². The first-order valence-electron chi connectivity index (χ1n) is 4.10. The highest BCUT2D eigenvalue weighted by molar-refractivity contribution is 7.99. The Morgan fingerprint density at radius 1 is 1.33 bits per heavy atom. The lowest BCUT2D eigenvalue weighted by atomic mass is 10.6. The standard InChI is InChI=1S/C7H17NO2S2/c1-2-12(9,10)7-3-5-11-6-4-8/h2-8H2,1H3. The lowest BCUT2D eigenvalue weighted by Crippen LogP contribution is -2.09. The molecule has 0 atom stereocenters. The normalized spacial score (nSPS) is 11.8. The Morgan fingerprint density at radius 3 is 2.50 bits per heavy atom. The van der Waals surface area contributed by atoms with Gasteiger partial charge in [-0.15, -0.1) is 0 Å². The zero-order valence-electron chi connectivity index (χ0n) is 7.45. The quantitative estimate of drug-likeness (QED) is 0.623. The zero-order valence-corrected chi connectivity index (χ0v) is 9.09. The maximum Gasteiger partial charge on any atom is 0.150 e. The Hall–Kier alpha value is 0.260. The van der Waals surface area contributed by atoms with Crippen molar-refractivity contribution in [1.29, 1.82) is 0 Å². The molecule has 74 valence electrons. The molecule has 2 N–H and O–H groups in total. The summed E-state index contributed by atoms with van der Waals surface area (Å²) in [4.78, 5) is 0. The van der Waals surface area contributed by atoms with Crippen molar-refractivity contribution < 1.29 is 8.42 Å². The van der Waals surface area contributed by atoms with Crippen molar-refractivity contribution in [3.05, 3.63) is 0 Å². The molecule has 0 unspecified atom stereocenters. The molecule has 0 rings (SSSR count). The molecule has 0 radical (unpaired) electrons. The lowest BCUT2D eigenvalue weighted by molar-refractivity contribution is 0.596. The summed E-state index contributed by atoms with van der Waals surface area (Å²) < 4.78 is 22.0.